The van der Waals surface area contributed by atoms with E-state index in [1.165, 1.54) is 6.42 Å². The second-order valence-corrected chi connectivity index (χ2v) is 5.76. The SMILES string of the molecule is CC(C)NCC1CCCN(c2ccccc2[N+](=O)[O-])C1. The maximum Gasteiger partial charge on any atom is 0.292 e. The van der Waals surface area contributed by atoms with Gasteiger partial charge in [-0.3, -0.25) is 10.1 Å². The maximum absolute atomic E-state index is 11.1. The van der Waals surface area contributed by atoms with Gasteiger partial charge in [0.2, 0.25) is 0 Å². The molecular formula is C15H23N3O2. The van der Waals surface area contributed by atoms with Crippen LogP contribution in [0.1, 0.15) is 26.7 Å². The Bertz CT molecular complexity index is 462. The van der Waals surface area contributed by atoms with Crippen molar-refractivity contribution in [1.82, 2.24) is 5.32 Å². The molecule has 0 bridgehead atoms. The number of para-hydroxylation sites is 2. The second-order valence-electron chi connectivity index (χ2n) is 5.76. The van der Waals surface area contributed by atoms with Crippen LogP contribution in [0.5, 0.6) is 0 Å². The molecule has 1 saturated heterocycles. The lowest BCUT2D eigenvalue weighted by atomic mass is 9.97. The van der Waals surface area contributed by atoms with Crippen molar-refractivity contribution in [1.29, 1.82) is 0 Å². The van der Waals surface area contributed by atoms with Gasteiger partial charge >= 0.3 is 0 Å². The zero-order chi connectivity index (χ0) is 14.5. The van der Waals surface area contributed by atoms with E-state index in [1.807, 2.05) is 12.1 Å². The molecule has 1 aliphatic rings. The highest BCUT2D eigenvalue weighted by Gasteiger charge is 2.24. The van der Waals surface area contributed by atoms with Gasteiger partial charge in [0.15, 0.2) is 0 Å². The largest absolute Gasteiger partial charge is 0.366 e. The van der Waals surface area contributed by atoms with Crippen molar-refractivity contribution in [2.45, 2.75) is 32.7 Å². The molecule has 110 valence electrons. The Morgan fingerprint density at radius 2 is 2.20 bits per heavy atom. The number of nitro groups is 1. The summed E-state index contributed by atoms with van der Waals surface area (Å²) in [6.45, 7) is 7.06. The van der Waals surface area contributed by atoms with E-state index in [4.69, 9.17) is 0 Å². The number of anilines is 1. The van der Waals surface area contributed by atoms with Gasteiger partial charge in [-0.15, -0.1) is 0 Å². The van der Waals surface area contributed by atoms with Crippen molar-refractivity contribution in [2.75, 3.05) is 24.5 Å². The lowest BCUT2D eigenvalue weighted by molar-refractivity contribution is -0.384. The zero-order valence-electron chi connectivity index (χ0n) is 12.2. The van der Waals surface area contributed by atoms with Crippen LogP contribution >= 0.6 is 0 Å². The molecule has 20 heavy (non-hydrogen) atoms. The highest BCUT2D eigenvalue weighted by molar-refractivity contribution is 5.63. The predicted molar refractivity (Wildman–Crippen MR) is 81.2 cm³/mol. The first-order valence-electron chi connectivity index (χ1n) is 7.29. The summed E-state index contributed by atoms with van der Waals surface area (Å²) in [4.78, 5) is 13.0. The summed E-state index contributed by atoms with van der Waals surface area (Å²) >= 11 is 0. The molecule has 1 aromatic rings. The van der Waals surface area contributed by atoms with E-state index < -0.39 is 0 Å². The van der Waals surface area contributed by atoms with E-state index in [1.54, 1.807) is 12.1 Å². The van der Waals surface area contributed by atoms with Crippen molar-refractivity contribution in [3.05, 3.63) is 34.4 Å². The van der Waals surface area contributed by atoms with Crippen LogP contribution in [-0.4, -0.2) is 30.6 Å². The third-order valence-electron chi connectivity index (χ3n) is 3.75. The van der Waals surface area contributed by atoms with Crippen molar-refractivity contribution >= 4 is 11.4 Å². The lowest BCUT2D eigenvalue weighted by Crippen LogP contribution is -2.41. The molecule has 0 radical (unpaired) electrons. The molecule has 0 saturated carbocycles. The van der Waals surface area contributed by atoms with Gasteiger partial charge in [0, 0.05) is 25.2 Å². The van der Waals surface area contributed by atoms with Gasteiger partial charge in [0.1, 0.15) is 5.69 Å². The standard InChI is InChI=1S/C15H23N3O2/c1-12(2)16-10-13-6-5-9-17(11-13)14-7-3-4-8-15(14)18(19)20/h3-4,7-8,12-13,16H,5-6,9-11H2,1-2H3. The number of nitrogens with zero attached hydrogens (tertiary/aromatic N) is 2. The summed E-state index contributed by atoms with van der Waals surface area (Å²) < 4.78 is 0. The number of nitro benzene ring substituents is 1. The van der Waals surface area contributed by atoms with E-state index in [0.717, 1.165) is 31.7 Å². The van der Waals surface area contributed by atoms with Crippen LogP contribution < -0.4 is 10.2 Å². The summed E-state index contributed by atoms with van der Waals surface area (Å²) in [5.41, 5.74) is 0.969. The fourth-order valence-electron chi connectivity index (χ4n) is 2.74. The predicted octanol–water partition coefficient (Wildman–Crippen LogP) is 2.81. The zero-order valence-corrected chi connectivity index (χ0v) is 12.2. The van der Waals surface area contributed by atoms with Gasteiger partial charge in [-0.1, -0.05) is 26.0 Å². The minimum absolute atomic E-state index is 0.213. The van der Waals surface area contributed by atoms with E-state index >= 15 is 0 Å². The summed E-state index contributed by atoms with van der Waals surface area (Å²) in [5, 5.41) is 14.6. The first kappa shape index (κ1) is 14.8. The van der Waals surface area contributed by atoms with Crippen LogP contribution in [0.2, 0.25) is 0 Å². The third kappa shape index (κ3) is 3.70. The summed E-state index contributed by atoms with van der Waals surface area (Å²) in [7, 11) is 0. The van der Waals surface area contributed by atoms with Gasteiger partial charge in [-0.2, -0.15) is 0 Å². The Morgan fingerprint density at radius 3 is 2.90 bits per heavy atom. The summed E-state index contributed by atoms with van der Waals surface area (Å²) in [6.07, 6.45) is 2.29. The summed E-state index contributed by atoms with van der Waals surface area (Å²) in [6, 6.07) is 7.53. The van der Waals surface area contributed by atoms with Crippen molar-refractivity contribution in [3.63, 3.8) is 0 Å². The lowest BCUT2D eigenvalue weighted by Gasteiger charge is -2.34. The van der Waals surface area contributed by atoms with Crippen molar-refractivity contribution in [3.8, 4) is 0 Å². The molecule has 1 unspecified atom stereocenters. The number of rotatable bonds is 5. The van der Waals surface area contributed by atoms with Crippen LogP contribution in [0.4, 0.5) is 11.4 Å². The van der Waals surface area contributed by atoms with Gasteiger partial charge in [0.25, 0.3) is 5.69 Å². The Labute approximate surface area is 120 Å². The topological polar surface area (TPSA) is 58.4 Å². The maximum atomic E-state index is 11.1. The highest BCUT2D eigenvalue weighted by atomic mass is 16.6. The number of piperidine rings is 1. The average molecular weight is 277 g/mol. The van der Waals surface area contributed by atoms with Gasteiger partial charge < -0.3 is 10.2 Å². The van der Waals surface area contributed by atoms with Crippen molar-refractivity contribution < 1.29 is 4.92 Å². The van der Waals surface area contributed by atoms with Crippen molar-refractivity contribution in [2.24, 2.45) is 5.92 Å². The third-order valence-corrected chi connectivity index (χ3v) is 3.75. The molecule has 0 aromatic heterocycles. The number of benzene rings is 1. The Morgan fingerprint density at radius 1 is 1.45 bits per heavy atom. The molecule has 1 atom stereocenters. The molecule has 1 aliphatic heterocycles. The molecule has 1 heterocycles. The fraction of sp³-hybridized carbons (Fsp3) is 0.600. The molecule has 0 spiro atoms. The monoisotopic (exact) mass is 277 g/mol. The normalized spacial score (nSPS) is 19.4. The molecule has 0 amide bonds. The van der Waals surface area contributed by atoms with Crippen LogP contribution in [0.3, 0.4) is 0 Å². The average Bonchev–Trinajstić information content (AvgIpc) is 2.45. The Balaban J connectivity index is 2.07. The van der Waals surface area contributed by atoms with E-state index in [-0.39, 0.29) is 10.6 Å². The Kier molecular flexibility index (Phi) is 4.95. The van der Waals surface area contributed by atoms with E-state index in [9.17, 15) is 10.1 Å². The number of hydrogen-bond acceptors (Lipinski definition) is 4. The minimum atomic E-state index is -0.286. The molecule has 1 fully saturated rings. The second kappa shape index (κ2) is 6.70. The number of nitrogens with one attached hydrogen (secondary N) is 1. The molecule has 0 aliphatic carbocycles. The molecule has 5 nitrogen and oxygen atoms in total. The molecule has 2 rings (SSSR count). The Hall–Kier alpha value is -1.62. The smallest absolute Gasteiger partial charge is 0.292 e. The summed E-state index contributed by atoms with van der Waals surface area (Å²) in [5.74, 6) is 0.561. The quantitative estimate of drug-likeness (QED) is 0.664. The van der Waals surface area contributed by atoms with E-state index in [2.05, 4.69) is 24.1 Å². The molecule has 1 aromatic carbocycles. The fourth-order valence-corrected chi connectivity index (χ4v) is 2.74. The number of hydrogen-bond donors (Lipinski definition) is 1. The van der Waals surface area contributed by atoms with Crippen LogP contribution in [-0.2, 0) is 0 Å². The first-order valence-corrected chi connectivity index (χ1v) is 7.29. The van der Waals surface area contributed by atoms with Gasteiger partial charge in [-0.05, 0) is 31.4 Å². The van der Waals surface area contributed by atoms with Crippen LogP contribution in [0.25, 0.3) is 0 Å². The van der Waals surface area contributed by atoms with Crippen LogP contribution in [0.15, 0.2) is 24.3 Å². The van der Waals surface area contributed by atoms with Gasteiger partial charge in [0.05, 0.1) is 4.92 Å². The van der Waals surface area contributed by atoms with E-state index in [0.29, 0.717) is 12.0 Å². The first-order chi connectivity index (χ1) is 9.58. The van der Waals surface area contributed by atoms with Crippen LogP contribution in [0, 0.1) is 16.0 Å². The molecular weight excluding hydrogens is 254 g/mol. The highest BCUT2D eigenvalue weighted by Crippen LogP contribution is 2.31. The minimum Gasteiger partial charge on any atom is -0.366 e. The van der Waals surface area contributed by atoms with Gasteiger partial charge in [-0.25, -0.2) is 0 Å². The molecule has 5 heteroatoms. The molecule has 1 N–H and O–H groups in total.